The van der Waals surface area contributed by atoms with E-state index in [0.29, 0.717) is 26.3 Å². The van der Waals surface area contributed by atoms with Gasteiger partial charge in [-0.1, -0.05) is 48.0 Å². The van der Waals surface area contributed by atoms with Crippen molar-refractivity contribution < 1.29 is 13.6 Å². The van der Waals surface area contributed by atoms with Crippen molar-refractivity contribution in [1.29, 1.82) is 0 Å². The van der Waals surface area contributed by atoms with E-state index in [1.165, 1.54) is 10.6 Å². The minimum Gasteiger partial charge on any atom is -0.755 e. The molecule has 2 aromatic carbocycles. The Morgan fingerprint density at radius 1 is 1.00 bits per heavy atom. The number of benzene rings is 2. The van der Waals surface area contributed by atoms with Gasteiger partial charge >= 0.3 is 0 Å². The van der Waals surface area contributed by atoms with Gasteiger partial charge < -0.3 is 9.87 Å². The standard InChI is InChI=1S/C23H18ClN3O4S2/c24-19-13-14-21(32-19)27(33(30)31)22(16-6-2-1-3-7-16)23(29)25-17-9-11-18(12-10-17)26-15-5-4-8-20(26)28/h1-15,22H,(H,25,29)(H,30,31)/p-1. The number of nitrogens with one attached hydrogen (secondary N) is 1. The van der Waals surface area contributed by atoms with Crippen LogP contribution in [0.25, 0.3) is 5.69 Å². The largest absolute Gasteiger partial charge is 0.755 e. The van der Waals surface area contributed by atoms with Crippen LogP contribution in [-0.2, 0) is 16.1 Å². The molecule has 168 valence electrons. The average Bonchev–Trinajstić information content (AvgIpc) is 3.24. The van der Waals surface area contributed by atoms with Crippen LogP contribution < -0.4 is 15.2 Å². The summed E-state index contributed by atoms with van der Waals surface area (Å²) in [5.74, 6) is -0.542. The molecular formula is C23H17ClN3O4S2-. The lowest BCUT2D eigenvalue weighted by Crippen LogP contribution is -2.38. The third-order valence-electron chi connectivity index (χ3n) is 4.77. The van der Waals surface area contributed by atoms with E-state index < -0.39 is 23.2 Å². The molecule has 7 nitrogen and oxygen atoms in total. The maximum absolute atomic E-state index is 13.3. The number of carbonyl (C=O) groups excluding carboxylic acids is 1. The number of anilines is 2. The van der Waals surface area contributed by atoms with Crippen molar-refractivity contribution >= 4 is 50.8 Å². The number of rotatable bonds is 7. The molecule has 0 aliphatic heterocycles. The molecule has 2 heterocycles. The first-order valence-electron chi connectivity index (χ1n) is 9.72. The Kier molecular flexibility index (Phi) is 7.05. The fraction of sp³-hybridized carbons (Fsp3) is 0.0435. The first-order valence-corrected chi connectivity index (χ1v) is 11.9. The first kappa shape index (κ1) is 22.9. The minimum absolute atomic E-state index is 0.179. The van der Waals surface area contributed by atoms with Crippen LogP contribution in [0.4, 0.5) is 10.7 Å². The second-order valence-electron chi connectivity index (χ2n) is 6.88. The van der Waals surface area contributed by atoms with E-state index in [2.05, 4.69) is 5.32 Å². The minimum atomic E-state index is -2.75. The lowest BCUT2D eigenvalue weighted by molar-refractivity contribution is -0.117. The molecule has 1 N–H and O–H groups in total. The van der Waals surface area contributed by atoms with Gasteiger partial charge in [-0.2, -0.15) is 0 Å². The van der Waals surface area contributed by atoms with Crippen LogP contribution in [0, 0.1) is 0 Å². The second-order valence-corrected chi connectivity index (χ2v) is 9.40. The second kappa shape index (κ2) is 10.1. The van der Waals surface area contributed by atoms with Gasteiger partial charge in [0.15, 0.2) is 0 Å². The molecule has 0 fully saturated rings. The van der Waals surface area contributed by atoms with Gasteiger partial charge in [0.25, 0.3) is 11.5 Å². The molecule has 0 radical (unpaired) electrons. The van der Waals surface area contributed by atoms with Crippen LogP contribution in [-0.4, -0.2) is 19.2 Å². The molecule has 0 saturated carbocycles. The predicted octanol–water partition coefficient (Wildman–Crippen LogP) is 4.53. The van der Waals surface area contributed by atoms with Crippen molar-refractivity contribution in [2.24, 2.45) is 0 Å². The lowest BCUT2D eigenvalue weighted by atomic mass is 10.1. The number of thiophene rings is 1. The van der Waals surface area contributed by atoms with Crippen LogP contribution in [0.3, 0.4) is 0 Å². The molecule has 2 atom stereocenters. The number of carbonyl (C=O) groups is 1. The van der Waals surface area contributed by atoms with Crippen molar-refractivity contribution in [3.8, 4) is 5.69 Å². The zero-order valence-electron chi connectivity index (χ0n) is 17.0. The van der Waals surface area contributed by atoms with Gasteiger partial charge in [-0.15, -0.1) is 11.3 Å². The molecule has 33 heavy (non-hydrogen) atoms. The molecule has 4 aromatic rings. The number of halogens is 1. The van der Waals surface area contributed by atoms with Gasteiger partial charge in [-0.25, -0.2) is 0 Å². The van der Waals surface area contributed by atoms with Gasteiger partial charge in [-0.3, -0.25) is 22.7 Å². The summed E-state index contributed by atoms with van der Waals surface area (Å²) in [6.45, 7) is 0. The van der Waals surface area contributed by atoms with Crippen LogP contribution >= 0.6 is 22.9 Å². The lowest BCUT2D eigenvalue weighted by Gasteiger charge is -2.32. The summed E-state index contributed by atoms with van der Waals surface area (Å²) in [4.78, 5) is 25.4. The van der Waals surface area contributed by atoms with Crippen LogP contribution in [0.5, 0.6) is 0 Å². The van der Waals surface area contributed by atoms with Crippen molar-refractivity contribution in [3.63, 3.8) is 0 Å². The Morgan fingerprint density at radius 2 is 1.70 bits per heavy atom. The Labute approximate surface area is 201 Å². The third kappa shape index (κ3) is 5.23. The van der Waals surface area contributed by atoms with Crippen molar-refractivity contribution in [2.75, 3.05) is 9.62 Å². The summed E-state index contributed by atoms with van der Waals surface area (Å²) in [5, 5.41) is 3.09. The van der Waals surface area contributed by atoms with E-state index in [9.17, 15) is 18.4 Å². The molecule has 0 bridgehead atoms. The summed E-state index contributed by atoms with van der Waals surface area (Å²) in [7, 11) is 0. The van der Waals surface area contributed by atoms with Crippen molar-refractivity contribution in [1.82, 2.24) is 4.57 Å². The highest BCUT2D eigenvalue weighted by atomic mass is 35.5. The highest BCUT2D eigenvalue weighted by Crippen LogP contribution is 2.36. The van der Waals surface area contributed by atoms with Gasteiger partial charge in [0.1, 0.15) is 11.0 Å². The van der Waals surface area contributed by atoms with Crippen molar-refractivity contribution in [3.05, 3.63) is 111 Å². The van der Waals surface area contributed by atoms with E-state index in [4.69, 9.17) is 11.6 Å². The number of hydrogen-bond acceptors (Lipinski definition) is 5. The highest BCUT2D eigenvalue weighted by molar-refractivity contribution is 7.81. The molecule has 1 amide bonds. The first-order chi connectivity index (χ1) is 15.9. The zero-order valence-corrected chi connectivity index (χ0v) is 19.3. The molecule has 10 heteroatoms. The summed E-state index contributed by atoms with van der Waals surface area (Å²) in [5.41, 5.74) is 1.40. The fourth-order valence-electron chi connectivity index (χ4n) is 3.30. The van der Waals surface area contributed by atoms with Crippen LogP contribution in [0.2, 0.25) is 4.34 Å². The monoisotopic (exact) mass is 498 g/mol. The van der Waals surface area contributed by atoms with Gasteiger partial charge in [0, 0.05) is 34.9 Å². The number of hydrogen-bond donors (Lipinski definition) is 1. The Bertz CT molecular complexity index is 1340. The summed E-state index contributed by atoms with van der Waals surface area (Å²) in [6, 6.07) is 22.1. The molecule has 0 saturated heterocycles. The maximum atomic E-state index is 13.3. The Hall–Kier alpha value is -3.24. The molecule has 0 spiro atoms. The van der Waals surface area contributed by atoms with Crippen LogP contribution in [0.1, 0.15) is 11.6 Å². The maximum Gasteiger partial charge on any atom is 0.255 e. The zero-order chi connectivity index (χ0) is 23.4. The van der Waals surface area contributed by atoms with E-state index in [-0.39, 0.29) is 5.56 Å². The van der Waals surface area contributed by atoms with E-state index in [1.807, 2.05) is 0 Å². The molecule has 4 rings (SSSR count). The normalized spacial score (nSPS) is 12.7. The molecule has 0 aliphatic rings. The van der Waals surface area contributed by atoms with Crippen molar-refractivity contribution in [2.45, 2.75) is 6.04 Å². The number of nitrogens with zero attached hydrogens (tertiary/aromatic N) is 2. The predicted molar refractivity (Wildman–Crippen MR) is 131 cm³/mol. The summed E-state index contributed by atoms with van der Waals surface area (Å²) >= 11 is 4.32. The molecule has 2 aromatic heterocycles. The van der Waals surface area contributed by atoms with Crippen LogP contribution in [0.15, 0.2) is 95.9 Å². The summed E-state index contributed by atoms with van der Waals surface area (Å²) in [6.07, 6.45) is 1.65. The molecular weight excluding hydrogens is 482 g/mol. The van der Waals surface area contributed by atoms with E-state index >= 15 is 0 Å². The highest BCUT2D eigenvalue weighted by Gasteiger charge is 2.30. The van der Waals surface area contributed by atoms with E-state index in [1.54, 1.807) is 85.1 Å². The smallest absolute Gasteiger partial charge is 0.255 e. The summed E-state index contributed by atoms with van der Waals surface area (Å²) < 4.78 is 27.3. The Balaban J connectivity index is 1.65. The fourth-order valence-corrected chi connectivity index (χ4v) is 5.15. The van der Waals surface area contributed by atoms with Gasteiger partial charge in [-0.05, 0) is 48.0 Å². The molecule has 0 aliphatic carbocycles. The van der Waals surface area contributed by atoms with Gasteiger partial charge in [0.2, 0.25) is 0 Å². The quantitative estimate of drug-likeness (QED) is 0.379. The number of pyridine rings is 1. The van der Waals surface area contributed by atoms with Gasteiger partial charge in [0.05, 0.1) is 4.34 Å². The molecule has 2 unspecified atom stereocenters. The topological polar surface area (TPSA) is 94.5 Å². The third-order valence-corrected chi connectivity index (χ3v) is 6.85. The number of aromatic nitrogens is 1. The average molecular weight is 499 g/mol. The SMILES string of the molecule is O=C(Nc1ccc(-n2ccccc2=O)cc1)C(c1ccccc1)N(c1ccc(Cl)s1)S(=O)[O-]. The van der Waals surface area contributed by atoms with E-state index in [0.717, 1.165) is 15.6 Å². The Morgan fingerprint density at radius 3 is 2.30 bits per heavy atom. The number of amides is 1.